The Morgan fingerprint density at radius 3 is 2.50 bits per heavy atom. The van der Waals surface area contributed by atoms with Crippen molar-refractivity contribution >= 4 is 29.2 Å². The van der Waals surface area contributed by atoms with Gasteiger partial charge in [0, 0.05) is 16.8 Å². The number of aromatic carboxylic acids is 1. The summed E-state index contributed by atoms with van der Waals surface area (Å²) in [7, 11) is 0. The van der Waals surface area contributed by atoms with E-state index in [-0.39, 0.29) is 15.7 Å². The van der Waals surface area contributed by atoms with Gasteiger partial charge in [-0.15, -0.1) is 0 Å². The average Bonchev–Trinajstić information content (AvgIpc) is 2.27. The molecule has 0 saturated heterocycles. The van der Waals surface area contributed by atoms with E-state index in [1.807, 2.05) is 0 Å². The third-order valence-electron chi connectivity index (χ3n) is 2.27. The van der Waals surface area contributed by atoms with Crippen molar-refractivity contribution < 1.29 is 14.3 Å². The summed E-state index contributed by atoms with van der Waals surface area (Å²) in [5.74, 6) is -1.71. The van der Waals surface area contributed by atoms with Crippen LogP contribution in [0.25, 0.3) is 11.1 Å². The highest BCUT2D eigenvalue weighted by molar-refractivity contribution is 6.32. The largest absolute Gasteiger partial charge is 0.478 e. The van der Waals surface area contributed by atoms with Crippen molar-refractivity contribution in [3.05, 3.63) is 52.0 Å². The van der Waals surface area contributed by atoms with Crippen LogP contribution in [0.4, 0.5) is 4.39 Å². The van der Waals surface area contributed by atoms with E-state index in [1.54, 1.807) is 0 Å². The van der Waals surface area contributed by atoms with Crippen LogP contribution in [0.3, 0.4) is 0 Å². The molecule has 1 aromatic heterocycles. The van der Waals surface area contributed by atoms with Crippen molar-refractivity contribution in [2.75, 3.05) is 0 Å². The normalized spacial score (nSPS) is 10.4. The van der Waals surface area contributed by atoms with Crippen molar-refractivity contribution in [1.82, 2.24) is 4.98 Å². The van der Waals surface area contributed by atoms with Gasteiger partial charge in [0.25, 0.3) is 0 Å². The molecule has 0 saturated carbocycles. The van der Waals surface area contributed by atoms with Crippen LogP contribution in [0.5, 0.6) is 0 Å². The van der Waals surface area contributed by atoms with Crippen LogP contribution in [0.2, 0.25) is 10.2 Å². The van der Waals surface area contributed by atoms with E-state index in [0.29, 0.717) is 11.1 Å². The second-order valence-corrected chi connectivity index (χ2v) is 4.32. The lowest BCUT2D eigenvalue weighted by Crippen LogP contribution is -1.99. The number of aromatic nitrogens is 1. The molecule has 0 aliphatic heterocycles. The van der Waals surface area contributed by atoms with Crippen LogP contribution in [-0.2, 0) is 0 Å². The minimum Gasteiger partial charge on any atom is -0.478 e. The summed E-state index contributed by atoms with van der Waals surface area (Å²) in [6.07, 6.45) is 1.36. The molecule has 0 spiro atoms. The summed E-state index contributed by atoms with van der Waals surface area (Å²) in [6.45, 7) is 0. The summed E-state index contributed by atoms with van der Waals surface area (Å²) in [5.41, 5.74) is 0.722. The predicted octanol–water partition coefficient (Wildman–Crippen LogP) is 3.89. The highest BCUT2D eigenvalue weighted by Crippen LogP contribution is 2.26. The Balaban J connectivity index is 2.57. The van der Waals surface area contributed by atoms with Crippen LogP contribution >= 0.6 is 23.2 Å². The van der Waals surface area contributed by atoms with Gasteiger partial charge in [0.05, 0.1) is 5.56 Å². The maximum absolute atomic E-state index is 13.2. The molecule has 1 heterocycles. The molecule has 1 N–H and O–H groups in total. The van der Waals surface area contributed by atoms with Crippen molar-refractivity contribution in [3.63, 3.8) is 0 Å². The van der Waals surface area contributed by atoms with Gasteiger partial charge in [0.1, 0.15) is 11.0 Å². The first-order valence-electron chi connectivity index (χ1n) is 4.82. The molecule has 0 aliphatic rings. The third kappa shape index (κ3) is 2.60. The number of rotatable bonds is 2. The molecule has 1 aromatic carbocycles. The van der Waals surface area contributed by atoms with Gasteiger partial charge in [-0.1, -0.05) is 23.2 Å². The zero-order valence-corrected chi connectivity index (χ0v) is 10.3. The van der Waals surface area contributed by atoms with Crippen molar-refractivity contribution in [2.45, 2.75) is 0 Å². The number of hydrogen-bond donors (Lipinski definition) is 1. The molecule has 18 heavy (non-hydrogen) atoms. The molecule has 92 valence electrons. The highest BCUT2D eigenvalue weighted by atomic mass is 35.5. The van der Waals surface area contributed by atoms with E-state index in [4.69, 9.17) is 28.3 Å². The Bertz CT molecular complexity index is 611. The summed E-state index contributed by atoms with van der Waals surface area (Å²) in [5, 5.41) is 9.02. The molecule has 2 aromatic rings. The minimum absolute atomic E-state index is 0.117. The molecule has 0 unspecified atom stereocenters. The van der Waals surface area contributed by atoms with Gasteiger partial charge in [-0.25, -0.2) is 14.2 Å². The summed E-state index contributed by atoms with van der Waals surface area (Å²) < 4.78 is 13.2. The average molecular weight is 286 g/mol. The SMILES string of the molecule is O=C(O)c1cc(-c2cc(F)cc(Cl)c2)cnc1Cl. The number of benzene rings is 1. The van der Waals surface area contributed by atoms with Gasteiger partial charge in [-0.2, -0.15) is 0 Å². The number of hydrogen-bond acceptors (Lipinski definition) is 2. The first-order chi connectivity index (χ1) is 8.47. The van der Waals surface area contributed by atoms with Crippen LogP contribution in [0, 0.1) is 5.82 Å². The second kappa shape index (κ2) is 4.92. The van der Waals surface area contributed by atoms with E-state index in [9.17, 15) is 9.18 Å². The fourth-order valence-corrected chi connectivity index (χ4v) is 1.88. The molecule has 0 amide bonds. The lowest BCUT2D eigenvalue weighted by Gasteiger charge is -2.05. The summed E-state index contributed by atoms with van der Waals surface area (Å²) in [6, 6.07) is 5.24. The molecule has 0 fully saturated rings. The smallest absolute Gasteiger partial charge is 0.338 e. The van der Waals surface area contributed by atoms with E-state index in [1.165, 1.54) is 24.4 Å². The molecule has 0 aliphatic carbocycles. The number of carboxylic acids is 1. The lowest BCUT2D eigenvalue weighted by atomic mass is 10.1. The predicted molar refractivity (Wildman–Crippen MR) is 66.6 cm³/mol. The van der Waals surface area contributed by atoms with Crippen LogP contribution in [-0.4, -0.2) is 16.1 Å². The Hall–Kier alpha value is -1.65. The lowest BCUT2D eigenvalue weighted by molar-refractivity contribution is 0.0696. The van der Waals surface area contributed by atoms with E-state index >= 15 is 0 Å². The Kier molecular flexibility index (Phi) is 3.50. The van der Waals surface area contributed by atoms with E-state index in [2.05, 4.69) is 4.98 Å². The van der Waals surface area contributed by atoms with Crippen LogP contribution in [0.15, 0.2) is 30.5 Å². The van der Waals surface area contributed by atoms with Gasteiger partial charge < -0.3 is 5.11 Å². The van der Waals surface area contributed by atoms with Gasteiger partial charge in [0.2, 0.25) is 0 Å². The topological polar surface area (TPSA) is 50.2 Å². The van der Waals surface area contributed by atoms with Crippen molar-refractivity contribution in [2.24, 2.45) is 0 Å². The molecule has 3 nitrogen and oxygen atoms in total. The number of pyridine rings is 1. The minimum atomic E-state index is -1.20. The quantitative estimate of drug-likeness (QED) is 0.852. The van der Waals surface area contributed by atoms with E-state index < -0.39 is 11.8 Å². The number of carboxylic acid groups (broad SMARTS) is 1. The monoisotopic (exact) mass is 285 g/mol. The zero-order chi connectivity index (χ0) is 13.3. The summed E-state index contributed by atoms with van der Waals surface area (Å²) in [4.78, 5) is 14.7. The molecular weight excluding hydrogens is 280 g/mol. The number of nitrogens with zero attached hydrogens (tertiary/aromatic N) is 1. The molecule has 2 rings (SSSR count). The zero-order valence-electron chi connectivity index (χ0n) is 8.82. The Morgan fingerprint density at radius 1 is 1.17 bits per heavy atom. The second-order valence-electron chi connectivity index (χ2n) is 3.53. The van der Waals surface area contributed by atoms with Gasteiger partial charge in [-0.3, -0.25) is 0 Å². The molecule has 6 heteroatoms. The first kappa shape index (κ1) is 12.8. The maximum atomic E-state index is 13.2. The fourth-order valence-electron chi connectivity index (χ4n) is 1.48. The molecule has 0 radical (unpaired) electrons. The molecule has 0 atom stereocenters. The maximum Gasteiger partial charge on any atom is 0.338 e. The first-order valence-corrected chi connectivity index (χ1v) is 5.58. The summed E-state index contributed by atoms with van der Waals surface area (Å²) >= 11 is 11.4. The van der Waals surface area contributed by atoms with E-state index in [0.717, 1.165) is 6.07 Å². The number of carbonyl (C=O) groups is 1. The fraction of sp³-hybridized carbons (Fsp3) is 0. The van der Waals surface area contributed by atoms with Crippen LogP contribution < -0.4 is 0 Å². The van der Waals surface area contributed by atoms with Crippen molar-refractivity contribution in [1.29, 1.82) is 0 Å². The third-order valence-corrected chi connectivity index (χ3v) is 2.78. The number of halogens is 3. The van der Waals surface area contributed by atoms with Crippen molar-refractivity contribution in [3.8, 4) is 11.1 Å². The highest BCUT2D eigenvalue weighted by Gasteiger charge is 2.12. The van der Waals surface area contributed by atoms with Gasteiger partial charge >= 0.3 is 5.97 Å². The standard InChI is InChI=1S/C12H6Cl2FNO2/c13-8-1-6(2-9(15)4-8)7-3-10(12(17)18)11(14)16-5-7/h1-5H,(H,17,18). The van der Waals surface area contributed by atoms with Gasteiger partial charge in [0.15, 0.2) is 0 Å². The van der Waals surface area contributed by atoms with Crippen LogP contribution in [0.1, 0.15) is 10.4 Å². The Labute approximate surface area is 112 Å². The molecular formula is C12H6Cl2FNO2. The Morgan fingerprint density at radius 2 is 1.89 bits per heavy atom. The molecule has 0 bridgehead atoms. The van der Waals surface area contributed by atoms with Gasteiger partial charge in [-0.05, 0) is 29.8 Å².